The van der Waals surface area contributed by atoms with Crippen LogP contribution in [-0.2, 0) is 5.41 Å². The second-order valence-electron chi connectivity index (χ2n) is 14.0. The molecule has 0 unspecified atom stereocenters. The molecule has 0 radical (unpaired) electrons. The predicted molar refractivity (Wildman–Crippen MR) is 211 cm³/mol. The van der Waals surface area contributed by atoms with Gasteiger partial charge < -0.3 is 0 Å². The molecular weight excluding hydrogens is 617 g/mol. The van der Waals surface area contributed by atoms with E-state index in [4.69, 9.17) is 9.97 Å². The summed E-state index contributed by atoms with van der Waals surface area (Å²) in [7, 11) is 0. The van der Waals surface area contributed by atoms with E-state index in [2.05, 4.69) is 152 Å². The molecule has 1 spiro atoms. The molecule has 0 aliphatic heterocycles. The van der Waals surface area contributed by atoms with Gasteiger partial charge in [-0.1, -0.05) is 152 Å². The zero-order valence-corrected chi connectivity index (χ0v) is 28.0. The van der Waals surface area contributed by atoms with E-state index < -0.39 is 0 Å². The number of allylic oxidation sites excluding steroid dienone is 4. The van der Waals surface area contributed by atoms with Gasteiger partial charge in [0.25, 0.3) is 0 Å². The van der Waals surface area contributed by atoms with Gasteiger partial charge in [0.05, 0.1) is 16.8 Å². The number of hydrogen-bond acceptors (Lipinski definition) is 2. The first-order chi connectivity index (χ1) is 25.3. The van der Waals surface area contributed by atoms with Crippen molar-refractivity contribution in [2.24, 2.45) is 0 Å². The van der Waals surface area contributed by atoms with Crippen LogP contribution in [0.15, 0.2) is 170 Å². The first-order valence-electron chi connectivity index (χ1n) is 17.9. The lowest BCUT2D eigenvalue weighted by atomic mass is 9.70. The number of benzene rings is 7. The molecule has 1 heterocycles. The van der Waals surface area contributed by atoms with E-state index in [-0.39, 0.29) is 5.41 Å². The summed E-state index contributed by atoms with van der Waals surface area (Å²) < 4.78 is 0. The Morgan fingerprint density at radius 1 is 0.431 bits per heavy atom. The third-order valence-corrected chi connectivity index (χ3v) is 11.3. The molecular formula is C49H32N2. The van der Waals surface area contributed by atoms with E-state index in [9.17, 15) is 0 Å². The molecule has 3 aliphatic carbocycles. The molecule has 0 fully saturated rings. The molecule has 1 aromatic heterocycles. The Morgan fingerprint density at radius 2 is 1.08 bits per heavy atom. The van der Waals surface area contributed by atoms with Gasteiger partial charge in [-0.3, -0.25) is 0 Å². The molecule has 3 aliphatic rings. The van der Waals surface area contributed by atoms with Crippen LogP contribution in [0.2, 0.25) is 0 Å². The van der Waals surface area contributed by atoms with Gasteiger partial charge in [-0.05, 0) is 103 Å². The van der Waals surface area contributed by atoms with E-state index in [1.54, 1.807) is 0 Å². The summed E-state index contributed by atoms with van der Waals surface area (Å²) in [6, 6.07) is 55.8. The second-order valence-corrected chi connectivity index (χ2v) is 14.0. The summed E-state index contributed by atoms with van der Waals surface area (Å²) in [5.74, 6) is 0.745. The normalized spacial score (nSPS) is 14.7. The van der Waals surface area contributed by atoms with Crippen LogP contribution in [0.4, 0.5) is 0 Å². The van der Waals surface area contributed by atoms with Crippen molar-refractivity contribution < 1.29 is 0 Å². The smallest absolute Gasteiger partial charge is 0.160 e. The topological polar surface area (TPSA) is 25.8 Å². The van der Waals surface area contributed by atoms with Crippen molar-refractivity contribution in [1.29, 1.82) is 0 Å². The molecule has 0 amide bonds. The maximum Gasteiger partial charge on any atom is 0.160 e. The third-order valence-electron chi connectivity index (χ3n) is 11.3. The van der Waals surface area contributed by atoms with E-state index in [1.165, 1.54) is 66.1 Å². The number of nitrogens with zero attached hydrogens (tertiary/aromatic N) is 2. The maximum absolute atomic E-state index is 5.15. The molecule has 0 saturated carbocycles. The van der Waals surface area contributed by atoms with Gasteiger partial charge >= 0.3 is 0 Å². The highest BCUT2D eigenvalue weighted by molar-refractivity contribution is 6.17. The molecule has 0 saturated heterocycles. The predicted octanol–water partition coefficient (Wildman–Crippen LogP) is 12.2. The van der Waals surface area contributed by atoms with Crippen LogP contribution in [0, 0.1) is 0 Å². The average molecular weight is 649 g/mol. The van der Waals surface area contributed by atoms with E-state index in [0.29, 0.717) is 0 Å². The van der Waals surface area contributed by atoms with Crippen LogP contribution in [0.5, 0.6) is 0 Å². The van der Waals surface area contributed by atoms with Crippen LogP contribution in [0.1, 0.15) is 40.8 Å². The van der Waals surface area contributed by atoms with Crippen molar-refractivity contribution in [3.05, 3.63) is 198 Å². The zero-order valence-electron chi connectivity index (χ0n) is 28.0. The Hall–Kier alpha value is -6.38. The highest BCUT2D eigenvalue weighted by Gasteiger charge is 2.50. The van der Waals surface area contributed by atoms with Crippen molar-refractivity contribution in [3.8, 4) is 44.9 Å². The Balaban J connectivity index is 1.10. The number of fused-ring (bicyclic) bond motifs is 7. The minimum atomic E-state index is -0.379. The average Bonchev–Trinajstić information content (AvgIpc) is 3.68. The molecule has 8 aromatic rings. The van der Waals surface area contributed by atoms with Crippen molar-refractivity contribution in [2.75, 3.05) is 0 Å². The Labute approximate surface area is 297 Å². The van der Waals surface area contributed by atoms with Crippen LogP contribution in [0.25, 0.3) is 72.0 Å². The van der Waals surface area contributed by atoms with Gasteiger partial charge in [0.2, 0.25) is 0 Å². The van der Waals surface area contributed by atoms with Gasteiger partial charge in [-0.25, -0.2) is 9.97 Å². The van der Waals surface area contributed by atoms with Crippen molar-refractivity contribution in [2.45, 2.75) is 18.3 Å². The molecule has 51 heavy (non-hydrogen) atoms. The molecule has 0 bridgehead atoms. The van der Waals surface area contributed by atoms with Crippen LogP contribution < -0.4 is 0 Å². The molecule has 2 heteroatoms. The first kappa shape index (κ1) is 28.5. The summed E-state index contributed by atoms with van der Waals surface area (Å²) in [6.45, 7) is 0. The number of aromatic nitrogens is 2. The lowest BCUT2D eigenvalue weighted by Gasteiger charge is -2.31. The van der Waals surface area contributed by atoms with Gasteiger partial charge in [0.15, 0.2) is 5.82 Å². The van der Waals surface area contributed by atoms with Gasteiger partial charge in [0, 0.05) is 11.1 Å². The Morgan fingerprint density at radius 3 is 1.86 bits per heavy atom. The third kappa shape index (κ3) is 4.05. The van der Waals surface area contributed by atoms with E-state index in [0.717, 1.165) is 46.8 Å². The quantitative estimate of drug-likeness (QED) is 0.178. The standard InChI is InChI=1S/C49H32N2/c1-3-12-31(13-4-1)44-30-45(51-48(50-44)34-14-5-2-6-15-34)37-19-9-18-35(28-37)36-26-27-39-38-20-7-8-21-40(38)49(43(39)29-36)41-22-10-16-32-24-25-33-17-11-23-42(49)47(33)46(32)41/h2-3,5-30H,1,4H2. The SMILES string of the molecule is C1=CC(c2cc(-c3cccc(-c4ccc5c(c4)C4(c6ccccc6-5)c5cccc6ccc7cccc4c7c56)c3)nc(-c3ccccc3)n2)=CCC1. The Kier molecular flexibility index (Phi) is 6.03. The zero-order chi connectivity index (χ0) is 33.5. The fourth-order valence-corrected chi connectivity index (χ4v) is 9.09. The largest absolute Gasteiger partial charge is 0.228 e. The first-order valence-corrected chi connectivity index (χ1v) is 17.9. The monoisotopic (exact) mass is 648 g/mol. The number of hydrogen-bond donors (Lipinski definition) is 0. The highest BCUT2D eigenvalue weighted by atomic mass is 14.9. The van der Waals surface area contributed by atoms with Crippen molar-refractivity contribution >= 4 is 27.1 Å². The lowest BCUT2D eigenvalue weighted by molar-refractivity contribution is 0.797. The van der Waals surface area contributed by atoms with Gasteiger partial charge in [0.1, 0.15) is 0 Å². The summed E-state index contributed by atoms with van der Waals surface area (Å²) >= 11 is 0. The Bertz CT molecular complexity index is 2740. The van der Waals surface area contributed by atoms with Crippen molar-refractivity contribution in [1.82, 2.24) is 9.97 Å². The summed E-state index contributed by atoms with van der Waals surface area (Å²) in [4.78, 5) is 10.2. The number of rotatable bonds is 4. The molecule has 7 aromatic carbocycles. The van der Waals surface area contributed by atoms with Crippen LogP contribution in [-0.4, -0.2) is 9.97 Å². The molecule has 238 valence electrons. The van der Waals surface area contributed by atoms with E-state index >= 15 is 0 Å². The fraction of sp³-hybridized carbons (Fsp3) is 0.0612. The fourth-order valence-electron chi connectivity index (χ4n) is 9.09. The van der Waals surface area contributed by atoms with Crippen LogP contribution >= 0.6 is 0 Å². The second kappa shape index (κ2) is 10.8. The highest BCUT2D eigenvalue weighted by Crippen LogP contribution is 2.62. The molecule has 0 N–H and O–H groups in total. The summed E-state index contributed by atoms with van der Waals surface area (Å²) in [5.41, 5.74) is 15.3. The minimum absolute atomic E-state index is 0.379. The molecule has 0 atom stereocenters. The molecule has 11 rings (SSSR count). The van der Waals surface area contributed by atoms with Crippen LogP contribution in [0.3, 0.4) is 0 Å². The van der Waals surface area contributed by atoms with Gasteiger partial charge in [-0.15, -0.1) is 0 Å². The summed E-state index contributed by atoms with van der Waals surface area (Å²) in [5, 5.41) is 5.38. The summed E-state index contributed by atoms with van der Waals surface area (Å²) in [6.07, 6.45) is 8.82. The van der Waals surface area contributed by atoms with Gasteiger partial charge in [-0.2, -0.15) is 0 Å². The van der Waals surface area contributed by atoms with Crippen molar-refractivity contribution in [3.63, 3.8) is 0 Å². The minimum Gasteiger partial charge on any atom is -0.228 e. The maximum atomic E-state index is 5.15. The van der Waals surface area contributed by atoms with E-state index in [1.807, 2.05) is 18.2 Å². The lowest BCUT2D eigenvalue weighted by Crippen LogP contribution is -2.26. The molecule has 2 nitrogen and oxygen atoms in total.